The van der Waals surface area contributed by atoms with E-state index in [0.29, 0.717) is 0 Å². The highest BCUT2D eigenvalue weighted by Gasteiger charge is 2.51. The molecule has 6 N–H and O–H groups in total. The number of rotatable bonds is 7. The molecule has 0 radical (unpaired) electrons. The Labute approximate surface area is 183 Å². The second-order valence-corrected chi connectivity index (χ2v) is 10.3. The number of hydrogen-bond donors (Lipinski definition) is 6. The Balaban J connectivity index is 1.89. The fraction of sp³-hybridized carbons (Fsp3) is 0.571. The molecule has 1 fully saturated rings. The predicted octanol–water partition coefficient (Wildman–Crippen LogP) is -0.461. The molecule has 1 saturated heterocycles. The van der Waals surface area contributed by atoms with Crippen molar-refractivity contribution in [3.63, 3.8) is 0 Å². The van der Waals surface area contributed by atoms with Crippen molar-refractivity contribution in [3.8, 4) is 0 Å². The Morgan fingerprint density at radius 3 is 2.80 bits per heavy atom. The molecule has 3 rings (SSSR count). The third-order valence-electron chi connectivity index (χ3n) is 4.41. The van der Waals surface area contributed by atoms with Gasteiger partial charge in [0.25, 0.3) is 5.56 Å². The number of imidazole rings is 1. The highest BCUT2D eigenvalue weighted by atomic mass is 79.9. The van der Waals surface area contributed by atoms with Crippen LogP contribution in [0, 0.1) is 0 Å². The zero-order chi connectivity index (χ0) is 22.2. The van der Waals surface area contributed by atoms with Gasteiger partial charge in [0, 0.05) is 13.0 Å². The third-order valence-corrected chi connectivity index (χ3v) is 6.65. The lowest BCUT2D eigenvalue weighted by molar-refractivity contribution is -0.137. The molecule has 166 valence electrons. The molecular weight excluding hydrogens is 509 g/mol. The summed E-state index contributed by atoms with van der Waals surface area (Å²) in [5.74, 6) is -1.14. The molecule has 3 unspecified atom stereocenters. The molecule has 13 nitrogen and oxygen atoms in total. The van der Waals surface area contributed by atoms with Gasteiger partial charge in [-0.15, -0.1) is 0 Å². The van der Waals surface area contributed by atoms with Gasteiger partial charge in [-0.25, -0.2) is 4.98 Å². The van der Waals surface area contributed by atoms with Crippen LogP contribution in [0.25, 0.3) is 11.2 Å². The molecule has 3 heterocycles. The third kappa shape index (κ3) is 4.94. The molecular formula is C14H20BrN5O8PS+. The lowest BCUT2D eigenvalue weighted by atomic mass is 10.1. The van der Waals surface area contributed by atoms with Crippen LogP contribution in [0.2, 0.25) is 0 Å². The molecule has 16 heteroatoms. The SMILES string of the molecule is Nc1nc2c(nc(Br)n2C[C@@H](O)C2O[P+](O)(S)OCC2O)c(=O)n1CCCC(=O)O. The van der Waals surface area contributed by atoms with Gasteiger partial charge in [0.05, 0.1) is 18.8 Å². The number of fused-ring (bicyclic) bond motifs is 1. The van der Waals surface area contributed by atoms with Crippen LogP contribution in [0.1, 0.15) is 12.8 Å². The van der Waals surface area contributed by atoms with E-state index in [9.17, 15) is 24.7 Å². The van der Waals surface area contributed by atoms with Gasteiger partial charge in [0.2, 0.25) is 5.95 Å². The lowest BCUT2D eigenvalue weighted by Gasteiger charge is -2.31. The van der Waals surface area contributed by atoms with Crippen molar-refractivity contribution < 1.29 is 34.1 Å². The van der Waals surface area contributed by atoms with Crippen molar-refractivity contribution in [2.45, 2.75) is 44.2 Å². The van der Waals surface area contributed by atoms with E-state index in [1.54, 1.807) is 0 Å². The Morgan fingerprint density at radius 2 is 2.13 bits per heavy atom. The summed E-state index contributed by atoms with van der Waals surface area (Å²) in [5, 5.41) is 29.3. The number of aliphatic hydroxyl groups excluding tert-OH is 2. The molecule has 0 bridgehead atoms. The first-order valence-corrected chi connectivity index (χ1v) is 12.2. The molecule has 2 aromatic heterocycles. The molecule has 4 atom stereocenters. The molecule has 2 aromatic rings. The number of nitrogens with two attached hydrogens (primary N) is 1. The minimum Gasteiger partial charge on any atom is -0.481 e. The summed E-state index contributed by atoms with van der Waals surface area (Å²) in [7, 11) is -3.47. The minimum absolute atomic E-state index is 0.0368. The van der Waals surface area contributed by atoms with E-state index in [4.69, 9.17) is 19.9 Å². The van der Waals surface area contributed by atoms with E-state index in [2.05, 4.69) is 38.1 Å². The molecule has 1 aliphatic rings. The van der Waals surface area contributed by atoms with Gasteiger partial charge >= 0.3 is 13.1 Å². The molecule has 0 saturated carbocycles. The Morgan fingerprint density at radius 1 is 1.43 bits per heavy atom. The van der Waals surface area contributed by atoms with Gasteiger partial charge in [0.1, 0.15) is 18.8 Å². The van der Waals surface area contributed by atoms with Crippen LogP contribution >= 0.6 is 35.3 Å². The number of aliphatic carboxylic acids is 1. The number of hydrogen-bond acceptors (Lipinski definition) is 11. The number of halogens is 1. The van der Waals surface area contributed by atoms with E-state index in [1.165, 1.54) is 4.57 Å². The number of aromatic nitrogens is 4. The number of carbonyl (C=O) groups is 1. The largest absolute Gasteiger partial charge is 0.481 e. The number of nitrogens with zero attached hydrogens (tertiary/aromatic N) is 4. The highest BCUT2D eigenvalue weighted by molar-refractivity contribution is 9.10. The van der Waals surface area contributed by atoms with Crippen LogP contribution in [-0.4, -0.2) is 70.2 Å². The van der Waals surface area contributed by atoms with Crippen LogP contribution < -0.4 is 11.3 Å². The quantitative estimate of drug-likeness (QED) is 0.154. The van der Waals surface area contributed by atoms with Gasteiger partial charge in [-0.3, -0.25) is 14.2 Å². The van der Waals surface area contributed by atoms with E-state index in [0.717, 1.165) is 4.57 Å². The zero-order valence-electron chi connectivity index (χ0n) is 15.3. The van der Waals surface area contributed by atoms with Crippen LogP contribution in [0.15, 0.2) is 9.53 Å². The van der Waals surface area contributed by atoms with Crippen molar-refractivity contribution in [1.82, 2.24) is 19.1 Å². The fourth-order valence-corrected chi connectivity index (χ4v) is 5.01. The first-order valence-electron chi connectivity index (χ1n) is 8.67. The molecule has 1 aliphatic heterocycles. The molecule has 0 aromatic carbocycles. The summed E-state index contributed by atoms with van der Waals surface area (Å²) in [5.41, 5.74) is 5.36. The topological polar surface area (TPSA) is 195 Å². The van der Waals surface area contributed by atoms with Crippen LogP contribution in [0.3, 0.4) is 0 Å². The molecule has 0 spiro atoms. The van der Waals surface area contributed by atoms with E-state index in [1.807, 2.05) is 0 Å². The second kappa shape index (κ2) is 9.04. The summed E-state index contributed by atoms with van der Waals surface area (Å²) < 4.78 is 12.7. The van der Waals surface area contributed by atoms with Gasteiger partial charge in [0.15, 0.2) is 22.0 Å². The average molecular weight is 529 g/mol. The summed E-state index contributed by atoms with van der Waals surface area (Å²) in [6, 6.07) is 0. The maximum Gasteiger partial charge on any atom is 0.476 e. The van der Waals surface area contributed by atoms with Crippen molar-refractivity contribution in [2.24, 2.45) is 0 Å². The highest BCUT2D eigenvalue weighted by Crippen LogP contribution is 2.64. The van der Waals surface area contributed by atoms with Crippen molar-refractivity contribution in [2.75, 3.05) is 12.3 Å². The number of thiol groups is 1. The first-order chi connectivity index (χ1) is 14.0. The lowest BCUT2D eigenvalue weighted by Crippen LogP contribution is -2.46. The normalized spacial score (nSPS) is 25.5. The van der Waals surface area contributed by atoms with Crippen molar-refractivity contribution >= 4 is 58.4 Å². The summed E-state index contributed by atoms with van der Waals surface area (Å²) in [6.07, 6.45) is -3.71. The van der Waals surface area contributed by atoms with E-state index >= 15 is 0 Å². The maximum atomic E-state index is 12.7. The summed E-state index contributed by atoms with van der Waals surface area (Å²) in [6.45, 7) is -0.422. The molecule has 0 amide bonds. The number of aliphatic hydroxyl groups is 2. The summed E-state index contributed by atoms with van der Waals surface area (Å²) in [4.78, 5) is 41.5. The van der Waals surface area contributed by atoms with Gasteiger partial charge < -0.3 is 25.6 Å². The number of anilines is 1. The van der Waals surface area contributed by atoms with Crippen LogP contribution in [0.4, 0.5) is 5.95 Å². The van der Waals surface area contributed by atoms with E-state index < -0.39 is 37.0 Å². The maximum absolute atomic E-state index is 12.7. The van der Waals surface area contributed by atoms with Crippen LogP contribution in [-0.2, 0) is 26.9 Å². The fourth-order valence-electron chi connectivity index (χ4n) is 2.99. The van der Waals surface area contributed by atoms with Crippen molar-refractivity contribution in [3.05, 3.63) is 15.1 Å². The van der Waals surface area contributed by atoms with E-state index in [-0.39, 0.29) is 54.4 Å². The predicted molar refractivity (Wildman–Crippen MR) is 112 cm³/mol. The van der Waals surface area contributed by atoms with Gasteiger partial charge in [-0.2, -0.15) is 18.9 Å². The Hall–Kier alpha value is -1.32. The van der Waals surface area contributed by atoms with Gasteiger partial charge in [-0.1, -0.05) is 0 Å². The number of carboxylic acids is 1. The van der Waals surface area contributed by atoms with Crippen molar-refractivity contribution in [1.29, 1.82) is 0 Å². The number of carboxylic acid groups (broad SMARTS) is 1. The minimum atomic E-state index is -3.47. The Bertz CT molecular complexity index is 1020. The monoisotopic (exact) mass is 528 g/mol. The van der Waals surface area contributed by atoms with Gasteiger partial charge in [-0.05, 0) is 22.4 Å². The zero-order valence-corrected chi connectivity index (χ0v) is 18.7. The standard InChI is InChI=1S/C14H19BrN5O8PS/c15-13-17-9-11(18-14(16)19(12(9)25)3-1-2-8(23)24)20(13)4-6(21)10-7(22)5-27-29(26,30)28-10/h6-7,10,21-22,26,30H,1-5H2,(H2-,16,18,23,24,25)/p+1/t6-,7?,10?,29?/m1/s1. The van der Waals surface area contributed by atoms with Crippen LogP contribution in [0.5, 0.6) is 0 Å². The smallest absolute Gasteiger partial charge is 0.476 e. The average Bonchev–Trinajstić information content (AvgIpc) is 2.95. The molecule has 30 heavy (non-hydrogen) atoms. The Kier molecular flexibility index (Phi) is 7.04. The molecule has 0 aliphatic carbocycles. The summed E-state index contributed by atoms with van der Waals surface area (Å²) >= 11 is 7.05. The number of nitrogen functional groups attached to an aromatic ring is 1. The second-order valence-electron chi connectivity index (χ2n) is 6.58. The first kappa shape index (κ1) is 23.3.